The highest BCUT2D eigenvalue weighted by Gasteiger charge is 2.17. The van der Waals surface area contributed by atoms with E-state index in [-0.39, 0.29) is 10.9 Å². The Bertz CT molecular complexity index is 859. The van der Waals surface area contributed by atoms with Gasteiger partial charge in [0.25, 0.3) is 0 Å². The molecule has 0 aliphatic rings. The third-order valence-electron chi connectivity index (χ3n) is 3.03. The first kappa shape index (κ1) is 15.3. The van der Waals surface area contributed by atoms with Crippen molar-refractivity contribution in [3.8, 4) is 0 Å². The predicted molar refractivity (Wildman–Crippen MR) is 88.1 cm³/mol. The van der Waals surface area contributed by atoms with Gasteiger partial charge in [-0.2, -0.15) is 0 Å². The highest BCUT2D eigenvalue weighted by Crippen LogP contribution is 2.36. The molecule has 0 fully saturated rings. The van der Waals surface area contributed by atoms with E-state index < -0.39 is 4.92 Å². The molecular weight excluding hydrogens is 344 g/mol. The zero-order valence-electron chi connectivity index (χ0n) is 11.7. The van der Waals surface area contributed by atoms with Gasteiger partial charge in [-0.05, 0) is 41.1 Å². The summed E-state index contributed by atoms with van der Waals surface area (Å²) in [5.41, 5.74) is 2.71. The van der Waals surface area contributed by atoms with Crippen LogP contribution in [0.5, 0.6) is 0 Å². The van der Waals surface area contributed by atoms with Crippen molar-refractivity contribution in [2.24, 2.45) is 0 Å². The second-order valence-corrected chi connectivity index (χ2v) is 7.53. The van der Waals surface area contributed by atoms with Crippen LogP contribution in [-0.4, -0.2) is 19.9 Å². The van der Waals surface area contributed by atoms with Crippen LogP contribution in [0.1, 0.15) is 25.3 Å². The largest absolute Gasteiger partial charge is 0.344 e. The van der Waals surface area contributed by atoms with Crippen molar-refractivity contribution in [3.63, 3.8) is 0 Å². The number of benzene rings is 1. The highest BCUT2D eigenvalue weighted by atomic mass is 35.5. The van der Waals surface area contributed by atoms with E-state index in [9.17, 15) is 10.1 Å². The first-order valence-corrected chi connectivity index (χ1v) is 8.43. The van der Waals surface area contributed by atoms with Crippen LogP contribution in [0.4, 0.5) is 5.00 Å². The molecule has 9 heteroatoms. The Balaban J connectivity index is 1.98. The minimum atomic E-state index is -0.447. The van der Waals surface area contributed by atoms with Crippen molar-refractivity contribution in [1.82, 2.24) is 15.0 Å². The Morgan fingerprint density at radius 3 is 2.86 bits per heavy atom. The van der Waals surface area contributed by atoms with E-state index in [4.69, 9.17) is 11.6 Å². The number of rotatable bonds is 4. The summed E-state index contributed by atoms with van der Waals surface area (Å²) in [5.74, 6) is 0.248. The molecular formula is C13H11ClN4O2S2. The molecule has 0 spiro atoms. The molecule has 1 aromatic carbocycles. The Morgan fingerprint density at radius 1 is 1.45 bits per heavy atom. The number of hydrogen-bond acceptors (Lipinski definition) is 6. The fourth-order valence-corrected chi connectivity index (χ4v) is 4.17. The standard InChI is InChI=1S/C13H11ClN4O2S2/c1-6(2)10-7(14)3-4-8-11(10)17-12(16-8)22-13-15-5-9(21-13)18(19)20/h3-6H,1-2H3,(H,16,17). The van der Waals surface area contributed by atoms with E-state index in [2.05, 4.69) is 28.8 Å². The number of aromatic amines is 1. The van der Waals surface area contributed by atoms with Gasteiger partial charge in [0.2, 0.25) is 0 Å². The summed E-state index contributed by atoms with van der Waals surface area (Å²) in [4.78, 5) is 22.0. The number of nitrogens with one attached hydrogen (secondary N) is 1. The summed E-state index contributed by atoms with van der Waals surface area (Å²) in [6.07, 6.45) is 1.26. The predicted octanol–water partition coefficient (Wildman–Crippen LogP) is 4.86. The number of H-pyrrole nitrogens is 1. The van der Waals surface area contributed by atoms with Gasteiger partial charge in [-0.3, -0.25) is 10.1 Å². The third kappa shape index (κ3) is 2.81. The van der Waals surface area contributed by atoms with Crippen LogP contribution in [0.15, 0.2) is 27.8 Å². The molecule has 0 aliphatic heterocycles. The smallest absolute Gasteiger partial charge is 0.333 e. The average molecular weight is 355 g/mol. The van der Waals surface area contributed by atoms with Crippen LogP contribution in [0.2, 0.25) is 5.02 Å². The van der Waals surface area contributed by atoms with Gasteiger partial charge >= 0.3 is 5.00 Å². The van der Waals surface area contributed by atoms with Crippen molar-refractivity contribution in [3.05, 3.63) is 39.0 Å². The zero-order valence-corrected chi connectivity index (χ0v) is 14.1. The number of nitrogens with zero attached hydrogens (tertiary/aromatic N) is 3. The second kappa shape index (κ2) is 5.86. The molecule has 3 aromatic rings. The Labute approximate surface area is 139 Å². The molecule has 1 N–H and O–H groups in total. The van der Waals surface area contributed by atoms with Gasteiger partial charge in [0.1, 0.15) is 6.20 Å². The SMILES string of the molecule is CC(C)c1c(Cl)ccc2[nH]c(Sc3ncc([N+](=O)[O-])s3)nc12. The van der Waals surface area contributed by atoms with Crippen LogP contribution >= 0.6 is 34.7 Å². The molecule has 6 nitrogen and oxygen atoms in total. The topological polar surface area (TPSA) is 84.7 Å². The maximum absolute atomic E-state index is 10.7. The van der Waals surface area contributed by atoms with Gasteiger partial charge in [0.15, 0.2) is 9.50 Å². The maximum atomic E-state index is 10.7. The summed E-state index contributed by atoms with van der Waals surface area (Å²) in [7, 11) is 0. The number of fused-ring (bicyclic) bond motifs is 1. The van der Waals surface area contributed by atoms with E-state index in [0.29, 0.717) is 14.5 Å². The fraction of sp³-hybridized carbons (Fsp3) is 0.231. The molecule has 0 aliphatic carbocycles. The maximum Gasteiger partial charge on any atom is 0.344 e. The van der Waals surface area contributed by atoms with Crippen LogP contribution in [0, 0.1) is 10.1 Å². The first-order valence-electron chi connectivity index (χ1n) is 6.42. The molecule has 0 saturated heterocycles. The van der Waals surface area contributed by atoms with Gasteiger partial charge in [0.05, 0.1) is 16.0 Å². The van der Waals surface area contributed by atoms with Gasteiger partial charge in [-0.1, -0.05) is 25.4 Å². The molecule has 0 bridgehead atoms. The van der Waals surface area contributed by atoms with Crippen molar-refractivity contribution in [1.29, 1.82) is 0 Å². The highest BCUT2D eigenvalue weighted by molar-refractivity contribution is 8.00. The average Bonchev–Trinajstić information content (AvgIpc) is 3.04. The Morgan fingerprint density at radius 2 is 2.23 bits per heavy atom. The van der Waals surface area contributed by atoms with Crippen molar-refractivity contribution >= 4 is 50.7 Å². The minimum absolute atomic E-state index is 0.0181. The molecule has 0 saturated carbocycles. The molecule has 0 radical (unpaired) electrons. The number of hydrogen-bond donors (Lipinski definition) is 1. The van der Waals surface area contributed by atoms with E-state index in [1.807, 2.05) is 12.1 Å². The van der Waals surface area contributed by atoms with Crippen molar-refractivity contribution < 1.29 is 4.92 Å². The summed E-state index contributed by atoms with van der Waals surface area (Å²) in [6.45, 7) is 4.12. The van der Waals surface area contributed by atoms with E-state index in [1.165, 1.54) is 18.0 Å². The lowest BCUT2D eigenvalue weighted by molar-refractivity contribution is -0.380. The number of aromatic nitrogens is 3. The molecule has 114 valence electrons. The van der Waals surface area contributed by atoms with Gasteiger partial charge in [0, 0.05) is 10.6 Å². The Hall–Kier alpha value is -1.64. The summed E-state index contributed by atoms with van der Waals surface area (Å²) in [6, 6.07) is 3.73. The molecule has 2 heterocycles. The van der Waals surface area contributed by atoms with E-state index in [0.717, 1.165) is 27.9 Å². The molecule has 0 amide bonds. The molecule has 0 unspecified atom stereocenters. The monoisotopic (exact) mass is 354 g/mol. The third-order valence-corrected chi connectivity index (χ3v) is 5.27. The Kier molecular flexibility index (Phi) is 4.07. The first-order chi connectivity index (χ1) is 10.5. The molecule has 2 aromatic heterocycles. The van der Waals surface area contributed by atoms with Crippen molar-refractivity contribution in [2.45, 2.75) is 29.3 Å². The molecule has 0 atom stereocenters. The minimum Gasteiger partial charge on any atom is -0.333 e. The number of thiazole rings is 1. The molecule has 3 rings (SSSR count). The van der Waals surface area contributed by atoms with Crippen LogP contribution in [-0.2, 0) is 0 Å². The molecule has 22 heavy (non-hydrogen) atoms. The normalized spacial score (nSPS) is 11.5. The lowest BCUT2D eigenvalue weighted by Gasteiger charge is -2.08. The summed E-state index contributed by atoms with van der Waals surface area (Å²) in [5, 5.41) is 12.0. The summed E-state index contributed by atoms with van der Waals surface area (Å²) < 4.78 is 0.572. The van der Waals surface area contributed by atoms with Crippen LogP contribution in [0.25, 0.3) is 11.0 Å². The van der Waals surface area contributed by atoms with Gasteiger partial charge in [-0.25, -0.2) is 9.97 Å². The lowest BCUT2D eigenvalue weighted by atomic mass is 10.0. The van der Waals surface area contributed by atoms with Crippen molar-refractivity contribution in [2.75, 3.05) is 0 Å². The number of halogens is 1. The number of nitro groups is 1. The van der Waals surface area contributed by atoms with Gasteiger partial charge < -0.3 is 4.98 Å². The quantitative estimate of drug-likeness (QED) is 0.534. The van der Waals surface area contributed by atoms with Crippen LogP contribution < -0.4 is 0 Å². The summed E-state index contributed by atoms with van der Waals surface area (Å²) >= 11 is 8.56. The lowest BCUT2D eigenvalue weighted by Crippen LogP contribution is -1.90. The van der Waals surface area contributed by atoms with Crippen LogP contribution in [0.3, 0.4) is 0 Å². The van der Waals surface area contributed by atoms with E-state index >= 15 is 0 Å². The zero-order chi connectivity index (χ0) is 15.9. The fourth-order valence-electron chi connectivity index (χ4n) is 2.11. The number of imidazole rings is 1. The van der Waals surface area contributed by atoms with E-state index in [1.54, 1.807) is 0 Å². The second-order valence-electron chi connectivity index (χ2n) is 4.88. The van der Waals surface area contributed by atoms with Gasteiger partial charge in [-0.15, -0.1) is 0 Å².